The second-order valence-electron chi connectivity index (χ2n) is 11.6. The van der Waals surface area contributed by atoms with Crippen LogP contribution >= 0.6 is 0 Å². The predicted molar refractivity (Wildman–Crippen MR) is 145 cm³/mol. The molecule has 3 aromatic heterocycles. The van der Waals surface area contributed by atoms with Crippen molar-refractivity contribution in [2.75, 3.05) is 19.6 Å². The molecule has 0 radical (unpaired) electrons. The molecule has 9 nitrogen and oxygen atoms in total. The molecule has 10 heteroatoms. The van der Waals surface area contributed by atoms with Crippen molar-refractivity contribution < 1.29 is 14.0 Å². The fourth-order valence-corrected chi connectivity index (χ4v) is 4.97. The van der Waals surface area contributed by atoms with E-state index in [2.05, 4.69) is 30.7 Å². The molecule has 1 fully saturated rings. The summed E-state index contributed by atoms with van der Waals surface area (Å²) in [4.78, 5) is 43.0. The molecule has 39 heavy (non-hydrogen) atoms. The molecule has 5 rings (SSSR count). The first-order chi connectivity index (χ1) is 18.3. The fourth-order valence-electron chi connectivity index (χ4n) is 4.97. The van der Waals surface area contributed by atoms with Gasteiger partial charge in [0.25, 0.3) is 11.8 Å². The average Bonchev–Trinajstić information content (AvgIpc) is 3.32. The van der Waals surface area contributed by atoms with E-state index in [0.29, 0.717) is 36.5 Å². The Kier molecular flexibility index (Phi) is 6.44. The molecule has 0 unspecified atom stereocenters. The maximum atomic E-state index is 13.9. The van der Waals surface area contributed by atoms with Gasteiger partial charge in [-0.25, -0.2) is 23.9 Å². The second kappa shape index (κ2) is 9.52. The zero-order valence-electron chi connectivity index (χ0n) is 23.1. The van der Waals surface area contributed by atoms with Crippen molar-refractivity contribution in [3.63, 3.8) is 0 Å². The Labute approximate surface area is 226 Å². The maximum Gasteiger partial charge on any atom is 0.291 e. The minimum absolute atomic E-state index is 0.140. The normalized spacial score (nSPS) is 15.6. The van der Waals surface area contributed by atoms with Crippen LogP contribution in [0.1, 0.15) is 66.9 Å². The van der Waals surface area contributed by atoms with Crippen LogP contribution in [0.4, 0.5) is 4.39 Å². The molecule has 1 aliphatic heterocycles. The Morgan fingerprint density at radius 3 is 2.38 bits per heavy atom. The quantitative estimate of drug-likeness (QED) is 0.393. The molecular formula is C29H32FN7O2. The third kappa shape index (κ3) is 4.98. The van der Waals surface area contributed by atoms with Crippen LogP contribution < -0.4 is 0 Å². The number of hydrogen-bond acceptors (Lipinski definition) is 6. The van der Waals surface area contributed by atoms with Gasteiger partial charge in [-0.1, -0.05) is 20.8 Å². The molecule has 202 valence electrons. The maximum absolute atomic E-state index is 13.9. The first kappa shape index (κ1) is 26.4. The molecule has 1 aliphatic rings. The Morgan fingerprint density at radius 1 is 1.03 bits per heavy atom. The summed E-state index contributed by atoms with van der Waals surface area (Å²) in [6.45, 7) is 12.9. The molecule has 0 spiro atoms. The number of piperazine rings is 1. The van der Waals surface area contributed by atoms with Gasteiger partial charge in [0.1, 0.15) is 11.5 Å². The van der Waals surface area contributed by atoms with Crippen molar-refractivity contribution in [3.8, 4) is 11.3 Å². The highest BCUT2D eigenvalue weighted by Crippen LogP contribution is 2.31. The van der Waals surface area contributed by atoms with Gasteiger partial charge in [-0.05, 0) is 62.1 Å². The summed E-state index contributed by atoms with van der Waals surface area (Å²) in [5.74, 6) is -0.618. The molecule has 0 saturated carbocycles. The highest BCUT2D eigenvalue weighted by molar-refractivity contribution is 5.94. The van der Waals surface area contributed by atoms with E-state index in [9.17, 15) is 14.0 Å². The zero-order chi connectivity index (χ0) is 28.1. The van der Waals surface area contributed by atoms with Crippen molar-refractivity contribution in [1.82, 2.24) is 34.4 Å². The molecular weight excluding hydrogens is 497 g/mol. The number of rotatable bonds is 3. The summed E-state index contributed by atoms with van der Waals surface area (Å²) >= 11 is 0. The topological polar surface area (TPSA) is 96.6 Å². The van der Waals surface area contributed by atoms with Crippen molar-refractivity contribution >= 4 is 17.5 Å². The number of halogens is 1. The molecule has 0 atom stereocenters. The van der Waals surface area contributed by atoms with Crippen molar-refractivity contribution in [1.29, 1.82) is 0 Å². The number of fused-ring (bicyclic) bond motifs is 1. The number of aromatic nitrogens is 5. The first-order valence-corrected chi connectivity index (χ1v) is 12.9. The number of benzene rings is 1. The van der Waals surface area contributed by atoms with Crippen LogP contribution in [-0.4, -0.2) is 71.4 Å². The van der Waals surface area contributed by atoms with E-state index in [0.717, 1.165) is 11.1 Å². The van der Waals surface area contributed by atoms with Crippen LogP contribution in [0.25, 0.3) is 16.9 Å². The number of nitrogens with zero attached hydrogens (tertiary/aromatic N) is 7. The summed E-state index contributed by atoms with van der Waals surface area (Å²) < 4.78 is 15.6. The lowest BCUT2D eigenvalue weighted by molar-refractivity contribution is 0.0160. The van der Waals surface area contributed by atoms with Crippen LogP contribution in [0, 0.1) is 12.7 Å². The summed E-state index contributed by atoms with van der Waals surface area (Å²) in [6.07, 6.45) is 4.73. The summed E-state index contributed by atoms with van der Waals surface area (Å²) in [5.41, 5.74) is 2.85. The average molecular weight is 530 g/mol. The SMILES string of the molecule is Cc1cc(-c2cc(C(C)(C)C)c3nc(C(=O)N4CCN(C(=O)c5ncccn5)CC4(C)C)cn3n2)ccc1F. The van der Waals surface area contributed by atoms with E-state index in [1.54, 1.807) is 45.6 Å². The van der Waals surface area contributed by atoms with E-state index >= 15 is 0 Å². The molecule has 1 aromatic carbocycles. The van der Waals surface area contributed by atoms with Gasteiger partial charge < -0.3 is 9.80 Å². The highest BCUT2D eigenvalue weighted by Gasteiger charge is 2.40. The molecule has 0 aliphatic carbocycles. The number of carbonyl (C=O) groups is 2. The number of hydrogen-bond donors (Lipinski definition) is 0. The first-order valence-electron chi connectivity index (χ1n) is 12.9. The number of imidazole rings is 1. The highest BCUT2D eigenvalue weighted by atomic mass is 19.1. The Balaban J connectivity index is 1.47. The van der Waals surface area contributed by atoms with Crippen molar-refractivity contribution in [3.05, 3.63) is 77.4 Å². The summed E-state index contributed by atoms with van der Waals surface area (Å²) in [6, 6.07) is 8.53. The summed E-state index contributed by atoms with van der Waals surface area (Å²) in [7, 11) is 0. The van der Waals surface area contributed by atoms with Gasteiger partial charge >= 0.3 is 0 Å². The van der Waals surface area contributed by atoms with Crippen molar-refractivity contribution in [2.45, 2.75) is 52.5 Å². The monoisotopic (exact) mass is 529 g/mol. The third-order valence-electron chi connectivity index (χ3n) is 7.10. The van der Waals surface area contributed by atoms with E-state index in [1.165, 1.54) is 18.5 Å². The van der Waals surface area contributed by atoms with Gasteiger partial charge in [-0.15, -0.1) is 0 Å². The van der Waals surface area contributed by atoms with Crippen LogP contribution in [0.15, 0.2) is 48.9 Å². The van der Waals surface area contributed by atoms with Gasteiger partial charge in [-0.2, -0.15) is 5.10 Å². The van der Waals surface area contributed by atoms with Gasteiger partial charge in [0.2, 0.25) is 5.82 Å². The number of carbonyl (C=O) groups excluding carboxylic acids is 2. The number of aryl methyl sites for hydroxylation is 1. The lowest BCUT2D eigenvalue weighted by Crippen LogP contribution is -2.62. The molecule has 0 N–H and O–H groups in total. The third-order valence-corrected chi connectivity index (χ3v) is 7.10. The Morgan fingerprint density at radius 2 is 1.74 bits per heavy atom. The zero-order valence-corrected chi connectivity index (χ0v) is 23.1. The van der Waals surface area contributed by atoms with Crippen LogP contribution in [-0.2, 0) is 5.41 Å². The van der Waals surface area contributed by atoms with Gasteiger partial charge in [0.15, 0.2) is 5.65 Å². The standard InChI is InChI=1S/C29H32FN7O2/c1-18-14-19(8-9-21(18)30)22-15-20(28(2,3)4)25-33-23(16-37(25)34-22)26(38)36-13-12-35(17-29(36,5)6)27(39)24-31-10-7-11-32-24/h7-11,14-16H,12-13,17H2,1-6H3. The minimum atomic E-state index is -0.646. The largest absolute Gasteiger partial charge is 0.332 e. The van der Waals surface area contributed by atoms with E-state index in [1.807, 2.05) is 19.9 Å². The van der Waals surface area contributed by atoms with Crippen LogP contribution in [0.5, 0.6) is 0 Å². The van der Waals surface area contributed by atoms with Gasteiger partial charge in [-0.3, -0.25) is 9.59 Å². The van der Waals surface area contributed by atoms with Gasteiger partial charge in [0, 0.05) is 43.2 Å². The Hall–Kier alpha value is -4.21. The molecule has 2 amide bonds. The van der Waals surface area contributed by atoms with E-state index < -0.39 is 5.54 Å². The smallest absolute Gasteiger partial charge is 0.291 e. The second-order valence-corrected chi connectivity index (χ2v) is 11.6. The van der Waals surface area contributed by atoms with Crippen LogP contribution in [0.3, 0.4) is 0 Å². The molecule has 4 heterocycles. The minimum Gasteiger partial charge on any atom is -0.332 e. The number of amides is 2. The lowest BCUT2D eigenvalue weighted by atomic mass is 9.87. The molecule has 1 saturated heterocycles. The predicted octanol–water partition coefficient (Wildman–Crippen LogP) is 4.31. The summed E-state index contributed by atoms with van der Waals surface area (Å²) in [5, 5.41) is 4.74. The molecule has 0 bridgehead atoms. The molecule has 4 aromatic rings. The van der Waals surface area contributed by atoms with Crippen LogP contribution in [0.2, 0.25) is 0 Å². The Bertz CT molecular complexity index is 1570. The van der Waals surface area contributed by atoms with E-state index in [4.69, 9.17) is 10.1 Å². The van der Waals surface area contributed by atoms with E-state index in [-0.39, 0.29) is 34.6 Å². The van der Waals surface area contributed by atoms with Gasteiger partial charge in [0.05, 0.1) is 17.4 Å². The fraction of sp³-hybridized carbons (Fsp3) is 0.379. The lowest BCUT2D eigenvalue weighted by Gasteiger charge is -2.46. The van der Waals surface area contributed by atoms with Crippen molar-refractivity contribution in [2.24, 2.45) is 0 Å².